The maximum absolute atomic E-state index is 11.5. The maximum atomic E-state index is 11.5. The number of morpholine rings is 1. The van der Waals surface area contributed by atoms with Crippen LogP contribution in [0.15, 0.2) is 0 Å². The summed E-state index contributed by atoms with van der Waals surface area (Å²) in [6.07, 6.45) is 3.79. The second kappa shape index (κ2) is 6.15. The number of ether oxygens (including phenoxy) is 1. The fraction of sp³-hybridized carbons (Fsp3) is 0.733. The fourth-order valence-corrected chi connectivity index (χ4v) is 3.49. The Morgan fingerprint density at radius 2 is 2.19 bits per heavy atom. The summed E-state index contributed by atoms with van der Waals surface area (Å²) in [5.41, 5.74) is 2.36. The second-order valence-electron chi connectivity index (χ2n) is 5.85. The van der Waals surface area contributed by atoms with Crippen molar-refractivity contribution >= 4 is 5.97 Å². The Hall–Kier alpha value is -1.40. The highest BCUT2D eigenvalue weighted by Crippen LogP contribution is 2.28. The standard InChI is InChI=1S/C15H23N3O3/c1-2-5-18-13-4-3-11(17-6-8-21-9-7-17)10-12(13)14(16-18)15(19)20/h11H,2-10H2,1H3,(H,19,20). The van der Waals surface area contributed by atoms with Gasteiger partial charge in [0.15, 0.2) is 5.69 Å². The number of carboxylic acids is 1. The average Bonchev–Trinajstić information content (AvgIpc) is 2.87. The lowest BCUT2D eigenvalue weighted by Crippen LogP contribution is -2.46. The third-order valence-electron chi connectivity index (χ3n) is 4.52. The Labute approximate surface area is 124 Å². The zero-order valence-corrected chi connectivity index (χ0v) is 12.5. The minimum absolute atomic E-state index is 0.261. The molecule has 1 aliphatic heterocycles. The third-order valence-corrected chi connectivity index (χ3v) is 4.52. The first-order valence-corrected chi connectivity index (χ1v) is 7.84. The van der Waals surface area contributed by atoms with Crippen LogP contribution in [0.5, 0.6) is 0 Å². The van der Waals surface area contributed by atoms with E-state index in [1.54, 1.807) is 0 Å². The molecule has 3 rings (SSSR count). The quantitative estimate of drug-likeness (QED) is 0.903. The molecule has 0 radical (unpaired) electrons. The molecule has 2 aliphatic rings. The van der Waals surface area contributed by atoms with Crippen LogP contribution in [-0.4, -0.2) is 58.1 Å². The van der Waals surface area contributed by atoms with Crippen molar-refractivity contribution in [3.05, 3.63) is 17.0 Å². The molecule has 1 aromatic heterocycles. The largest absolute Gasteiger partial charge is 0.476 e. The van der Waals surface area contributed by atoms with Gasteiger partial charge >= 0.3 is 5.97 Å². The van der Waals surface area contributed by atoms with E-state index in [2.05, 4.69) is 16.9 Å². The predicted octanol–water partition coefficient (Wildman–Crippen LogP) is 1.18. The van der Waals surface area contributed by atoms with E-state index >= 15 is 0 Å². The third kappa shape index (κ3) is 2.82. The Kier molecular flexibility index (Phi) is 4.26. The summed E-state index contributed by atoms with van der Waals surface area (Å²) in [5.74, 6) is -0.899. The average molecular weight is 293 g/mol. The smallest absolute Gasteiger partial charge is 0.356 e. The molecule has 1 fully saturated rings. The first kappa shape index (κ1) is 14.5. The number of aromatic nitrogens is 2. The van der Waals surface area contributed by atoms with Crippen LogP contribution in [0.3, 0.4) is 0 Å². The van der Waals surface area contributed by atoms with E-state index in [0.717, 1.165) is 69.8 Å². The molecule has 116 valence electrons. The number of hydrogen-bond acceptors (Lipinski definition) is 4. The normalized spacial score (nSPS) is 23.0. The maximum Gasteiger partial charge on any atom is 0.356 e. The molecule has 6 heteroatoms. The molecule has 6 nitrogen and oxygen atoms in total. The van der Waals surface area contributed by atoms with E-state index in [1.165, 1.54) is 0 Å². The summed E-state index contributed by atoms with van der Waals surface area (Å²) in [6, 6.07) is 0.429. The summed E-state index contributed by atoms with van der Waals surface area (Å²) in [7, 11) is 0. The van der Waals surface area contributed by atoms with Gasteiger partial charge in [0.1, 0.15) is 0 Å². The van der Waals surface area contributed by atoms with E-state index in [0.29, 0.717) is 6.04 Å². The molecule has 1 unspecified atom stereocenters. The van der Waals surface area contributed by atoms with Crippen molar-refractivity contribution in [3.63, 3.8) is 0 Å². The number of hydrogen-bond donors (Lipinski definition) is 1. The number of rotatable bonds is 4. The van der Waals surface area contributed by atoms with Crippen molar-refractivity contribution in [1.29, 1.82) is 0 Å². The minimum Gasteiger partial charge on any atom is -0.476 e. The summed E-state index contributed by atoms with van der Waals surface area (Å²) in [4.78, 5) is 13.9. The van der Waals surface area contributed by atoms with Crippen molar-refractivity contribution in [1.82, 2.24) is 14.7 Å². The monoisotopic (exact) mass is 293 g/mol. The van der Waals surface area contributed by atoms with Crippen LogP contribution in [0.1, 0.15) is 41.5 Å². The van der Waals surface area contributed by atoms with Gasteiger partial charge in [0.05, 0.1) is 13.2 Å². The highest BCUT2D eigenvalue weighted by molar-refractivity contribution is 5.87. The van der Waals surface area contributed by atoms with Crippen LogP contribution in [-0.2, 0) is 24.1 Å². The Bertz CT molecular complexity index is 520. The van der Waals surface area contributed by atoms with E-state index in [1.807, 2.05) is 4.68 Å². The van der Waals surface area contributed by atoms with Gasteiger partial charge in [-0.05, 0) is 25.7 Å². The molecule has 0 aromatic carbocycles. The van der Waals surface area contributed by atoms with Crippen molar-refractivity contribution in [2.75, 3.05) is 26.3 Å². The topological polar surface area (TPSA) is 67.6 Å². The van der Waals surface area contributed by atoms with Crippen molar-refractivity contribution < 1.29 is 14.6 Å². The van der Waals surface area contributed by atoms with Gasteiger partial charge in [-0.2, -0.15) is 5.10 Å². The lowest BCUT2D eigenvalue weighted by atomic mass is 9.90. The lowest BCUT2D eigenvalue weighted by Gasteiger charge is -2.36. The van der Waals surface area contributed by atoms with Gasteiger partial charge in [-0.15, -0.1) is 0 Å². The summed E-state index contributed by atoms with van der Waals surface area (Å²) in [6.45, 7) is 6.36. The van der Waals surface area contributed by atoms with Gasteiger partial charge in [-0.25, -0.2) is 4.79 Å². The molecular weight excluding hydrogens is 270 g/mol. The van der Waals surface area contributed by atoms with Crippen LogP contribution in [0.2, 0.25) is 0 Å². The molecule has 1 N–H and O–H groups in total. The molecule has 21 heavy (non-hydrogen) atoms. The molecule has 1 saturated heterocycles. The van der Waals surface area contributed by atoms with Gasteiger partial charge < -0.3 is 9.84 Å². The van der Waals surface area contributed by atoms with Gasteiger partial charge in [0.25, 0.3) is 0 Å². The van der Waals surface area contributed by atoms with Crippen LogP contribution in [0.25, 0.3) is 0 Å². The fourth-order valence-electron chi connectivity index (χ4n) is 3.49. The number of carbonyl (C=O) groups is 1. The number of nitrogens with zero attached hydrogens (tertiary/aromatic N) is 3. The molecule has 0 bridgehead atoms. The molecule has 0 amide bonds. The molecule has 0 spiro atoms. The number of aryl methyl sites for hydroxylation is 1. The number of carboxylic acid groups (broad SMARTS) is 1. The van der Waals surface area contributed by atoms with E-state index < -0.39 is 5.97 Å². The summed E-state index contributed by atoms with van der Waals surface area (Å²) in [5, 5.41) is 13.7. The highest BCUT2D eigenvalue weighted by Gasteiger charge is 2.32. The SMILES string of the molecule is CCCn1nc(C(=O)O)c2c1CCC(N1CCOCC1)C2. The zero-order valence-electron chi connectivity index (χ0n) is 12.5. The van der Waals surface area contributed by atoms with Crippen LogP contribution in [0.4, 0.5) is 0 Å². The zero-order chi connectivity index (χ0) is 14.8. The predicted molar refractivity (Wildman–Crippen MR) is 77.7 cm³/mol. The first-order valence-electron chi connectivity index (χ1n) is 7.84. The van der Waals surface area contributed by atoms with E-state index in [4.69, 9.17) is 4.74 Å². The molecule has 0 saturated carbocycles. The minimum atomic E-state index is -0.899. The van der Waals surface area contributed by atoms with Crippen LogP contribution in [0, 0.1) is 0 Å². The van der Waals surface area contributed by atoms with Gasteiger partial charge in [-0.1, -0.05) is 6.92 Å². The van der Waals surface area contributed by atoms with Crippen LogP contribution >= 0.6 is 0 Å². The van der Waals surface area contributed by atoms with Crippen molar-refractivity contribution in [2.24, 2.45) is 0 Å². The molecule has 1 aliphatic carbocycles. The highest BCUT2D eigenvalue weighted by atomic mass is 16.5. The first-order chi connectivity index (χ1) is 10.2. The molecule has 1 atom stereocenters. The van der Waals surface area contributed by atoms with E-state index in [-0.39, 0.29) is 5.69 Å². The number of aromatic carboxylic acids is 1. The molecule has 2 heterocycles. The van der Waals surface area contributed by atoms with Gasteiger partial charge in [0, 0.05) is 36.9 Å². The Morgan fingerprint density at radius 1 is 1.43 bits per heavy atom. The Balaban J connectivity index is 1.84. The lowest BCUT2D eigenvalue weighted by molar-refractivity contribution is 0.0135. The van der Waals surface area contributed by atoms with Gasteiger partial charge in [-0.3, -0.25) is 9.58 Å². The second-order valence-corrected chi connectivity index (χ2v) is 5.85. The van der Waals surface area contributed by atoms with Crippen molar-refractivity contribution in [2.45, 2.75) is 45.2 Å². The van der Waals surface area contributed by atoms with Crippen molar-refractivity contribution in [3.8, 4) is 0 Å². The molecule has 1 aromatic rings. The molecular formula is C15H23N3O3. The Morgan fingerprint density at radius 3 is 2.86 bits per heavy atom. The summed E-state index contributed by atoms with van der Waals surface area (Å²) >= 11 is 0. The van der Waals surface area contributed by atoms with Crippen LogP contribution < -0.4 is 0 Å². The van der Waals surface area contributed by atoms with Gasteiger partial charge in [0.2, 0.25) is 0 Å². The van der Waals surface area contributed by atoms with E-state index in [9.17, 15) is 9.90 Å². The summed E-state index contributed by atoms with van der Waals surface area (Å²) < 4.78 is 7.32. The number of fused-ring (bicyclic) bond motifs is 1.